The summed E-state index contributed by atoms with van der Waals surface area (Å²) in [6.07, 6.45) is 6.81. The van der Waals surface area contributed by atoms with Crippen LogP contribution >= 0.6 is 0 Å². The van der Waals surface area contributed by atoms with E-state index in [0.29, 0.717) is 30.0 Å². The summed E-state index contributed by atoms with van der Waals surface area (Å²) < 4.78 is 5.20. The number of hydrogen-bond donors (Lipinski definition) is 3. The lowest BCUT2D eigenvalue weighted by atomic mass is 10.2. The van der Waals surface area contributed by atoms with Gasteiger partial charge in [0.2, 0.25) is 5.91 Å². The van der Waals surface area contributed by atoms with Crippen molar-refractivity contribution < 1.29 is 14.6 Å². The van der Waals surface area contributed by atoms with Crippen molar-refractivity contribution >= 4 is 5.91 Å². The molecule has 106 valence electrons. The first-order chi connectivity index (χ1) is 9.63. The first-order valence-electron chi connectivity index (χ1n) is 6.32. The monoisotopic (exact) mass is 275 g/mol. The van der Waals surface area contributed by atoms with E-state index in [9.17, 15) is 9.90 Å². The summed E-state index contributed by atoms with van der Waals surface area (Å²) in [5.74, 6) is 2.86. The quantitative estimate of drug-likeness (QED) is 0.640. The molecule has 0 aliphatic carbocycles. The van der Waals surface area contributed by atoms with Gasteiger partial charge in [-0.2, -0.15) is 0 Å². The first-order valence-corrected chi connectivity index (χ1v) is 6.32. The minimum atomic E-state index is -0.465. The number of terminal acetylenes is 1. The van der Waals surface area contributed by atoms with Crippen LogP contribution in [-0.4, -0.2) is 41.8 Å². The molecule has 1 amide bonds. The van der Waals surface area contributed by atoms with Crippen molar-refractivity contribution in [1.29, 1.82) is 0 Å². The zero-order valence-electron chi connectivity index (χ0n) is 11.2. The van der Waals surface area contributed by atoms with Crippen LogP contribution in [-0.2, 0) is 11.3 Å². The van der Waals surface area contributed by atoms with Gasteiger partial charge in [-0.25, -0.2) is 0 Å². The van der Waals surface area contributed by atoms with Crippen molar-refractivity contribution in [3.05, 3.63) is 23.5 Å². The molecule has 1 fully saturated rings. The Morgan fingerprint density at radius 1 is 1.75 bits per heavy atom. The van der Waals surface area contributed by atoms with Crippen molar-refractivity contribution in [2.24, 2.45) is 0 Å². The number of nitrogens with zero attached hydrogens (tertiary/aromatic N) is 1. The molecule has 1 saturated heterocycles. The normalized spacial score (nSPS) is 21.2. The van der Waals surface area contributed by atoms with Crippen LogP contribution in [0.15, 0.2) is 12.3 Å². The summed E-state index contributed by atoms with van der Waals surface area (Å²) >= 11 is 0. The van der Waals surface area contributed by atoms with E-state index in [1.807, 2.05) is 0 Å². The van der Waals surface area contributed by atoms with E-state index in [1.165, 1.54) is 7.11 Å². The lowest BCUT2D eigenvalue weighted by Gasteiger charge is -2.12. The summed E-state index contributed by atoms with van der Waals surface area (Å²) in [4.78, 5) is 16.1. The molecule has 1 aromatic rings. The Bertz CT molecular complexity index is 539. The summed E-state index contributed by atoms with van der Waals surface area (Å²) in [5.41, 5.74) is 1.23. The molecule has 2 heterocycles. The fraction of sp³-hybridized carbons (Fsp3) is 0.429. The molecule has 1 aliphatic heterocycles. The molecule has 0 aromatic carbocycles. The first kappa shape index (κ1) is 14.3. The van der Waals surface area contributed by atoms with Crippen molar-refractivity contribution in [3.8, 4) is 18.1 Å². The van der Waals surface area contributed by atoms with Gasteiger partial charge in [0.15, 0.2) is 0 Å². The molecule has 0 saturated carbocycles. The molecule has 1 aliphatic rings. The largest absolute Gasteiger partial charge is 0.495 e. The number of aliphatic hydroxyl groups excluding tert-OH is 1. The Morgan fingerprint density at radius 3 is 3.15 bits per heavy atom. The fourth-order valence-corrected chi connectivity index (χ4v) is 2.07. The third-order valence-corrected chi connectivity index (χ3v) is 3.17. The van der Waals surface area contributed by atoms with E-state index < -0.39 is 6.10 Å². The predicted molar refractivity (Wildman–Crippen MR) is 73.0 cm³/mol. The molecule has 6 nitrogen and oxygen atoms in total. The number of aliphatic hydroxyl groups is 1. The van der Waals surface area contributed by atoms with Crippen LogP contribution < -0.4 is 15.4 Å². The Kier molecular flexibility index (Phi) is 4.56. The number of carbonyl (C=O) groups is 1. The van der Waals surface area contributed by atoms with Crippen LogP contribution in [0.4, 0.5) is 0 Å². The van der Waals surface area contributed by atoms with Gasteiger partial charge in [-0.15, -0.1) is 6.42 Å². The molecule has 0 radical (unpaired) electrons. The average molecular weight is 275 g/mol. The lowest BCUT2D eigenvalue weighted by molar-refractivity contribution is -0.123. The number of hydrogen-bond acceptors (Lipinski definition) is 5. The molecule has 3 N–H and O–H groups in total. The highest BCUT2D eigenvalue weighted by Crippen LogP contribution is 2.17. The van der Waals surface area contributed by atoms with Crippen LogP contribution in [0.1, 0.15) is 17.7 Å². The van der Waals surface area contributed by atoms with E-state index in [0.717, 1.165) is 0 Å². The second kappa shape index (κ2) is 6.37. The maximum absolute atomic E-state index is 11.9. The van der Waals surface area contributed by atoms with Crippen molar-refractivity contribution in [2.45, 2.75) is 25.1 Å². The number of rotatable bonds is 4. The Labute approximate surface area is 117 Å². The van der Waals surface area contributed by atoms with Gasteiger partial charge >= 0.3 is 0 Å². The highest BCUT2D eigenvalue weighted by molar-refractivity contribution is 5.82. The van der Waals surface area contributed by atoms with E-state index in [-0.39, 0.29) is 18.5 Å². The van der Waals surface area contributed by atoms with Gasteiger partial charge in [-0.1, -0.05) is 5.92 Å². The average Bonchev–Trinajstić information content (AvgIpc) is 2.91. The molecule has 2 rings (SSSR count). The Hall–Kier alpha value is -2.10. The third kappa shape index (κ3) is 3.26. The van der Waals surface area contributed by atoms with E-state index in [2.05, 4.69) is 21.5 Å². The number of methoxy groups -OCH3 is 1. The molecule has 20 heavy (non-hydrogen) atoms. The number of nitrogens with one attached hydrogen (secondary N) is 2. The Morgan fingerprint density at radius 2 is 2.55 bits per heavy atom. The van der Waals surface area contributed by atoms with E-state index in [4.69, 9.17) is 11.2 Å². The minimum absolute atomic E-state index is 0.161. The second-order valence-corrected chi connectivity index (χ2v) is 4.59. The van der Waals surface area contributed by atoms with Crippen LogP contribution in [0.2, 0.25) is 0 Å². The Balaban J connectivity index is 1.97. The van der Waals surface area contributed by atoms with Gasteiger partial charge in [0.05, 0.1) is 25.8 Å². The molecule has 6 heteroatoms. The standard InChI is InChI=1S/C14H17N3O3/c1-3-9-4-13(20-2)12(15-6-9)8-17-14(19)11-5-10(18)7-16-11/h1,4,6,10-11,16,18H,5,7-8H2,2H3,(H,17,19). The number of ether oxygens (including phenoxy) is 1. The van der Waals surface area contributed by atoms with Gasteiger partial charge in [0.1, 0.15) is 11.4 Å². The number of carbonyl (C=O) groups excluding carboxylic acids is 1. The van der Waals surface area contributed by atoms with Crippen LogP contribution in [0.3, 0.4) is 0 Å². The summed E-state index contributed by atoms with van der Waals surface area (Å²) in [6.45, 7) is 0.692. The molecule has 1 aromatic heterocycles. The molecular weight excluding hydrogens is 258 g/mol. The fourth-order valence-electron chi connectivity index (χ4n) is 2.07. The third-order valence-electron chi connectivity index (χ3n) is 3.17. The molecule has 0 bridgehead atoms. The smallest absolute Gasteiger partial charge is 0.237 e. The number of amides is 1. The molecule has 2 atom stereocenters. The SMILES string of the molecule is C#Cc1cnc(CNC(=O)C2CC(O)CN2)c(OC)c1. The van der Waals surface area contributed by atoms with Gasteiger partial charge in [-0.05, 0) is 12.5 Å². The van der Waals surface area contributed by atoms with Gasteiger partial charge in [0.25, 0.3) is 0 Å². The number of β-amino-alcohol motifs (C(OH)–C–C–N with tert-alkyl or cyclic N) is 1. The van der Waals surface area contributed by atoms with Crippen molar-refractivity contribution in [3.63, 3.8) is 0 Å². The highest BCUT2D eigenvalue weighted by atomic mass is 16.5. The van der Waals surface area contributed by atoms with Crippen molar-refractivity contribution in [1.82, 2.24) is 15.6 Å². The lowest BCUT2D eigenvalue weighted by Crippen LogP contribution is -2.40. The predicted octanol–water partition coefficient (Wildman–Crippen LogP) is -0.589. The topological polar surface area (TPSA) is 83.5 Å². The maximum Gasteiger partial charge on any atom is 0.237 e. The van der Waals surface area contributed by atoms with Crippen LogP contribution in [0, 0.1) is 12.3 Å². The highest BCUT2D eigenvalue weighted by Gasteiger charge is 2.27. The molecule has 2 unspecified atom stereocenters. The number of aromatic nitrogens is 1. The van der Waals surface area contributed by atoms with Gasteiger partial charge in [-0.3, -0.25) is 9.78 Å². The van der Waals surface area contributed by atoms with Crippen molar-refractivity contribution in [2.75, 3.05) is 13.7 Å². The second-order valence-electron chi connectivity index (χ2n) is 4.59. The van der Waals surface area contributed by atoms with Crippen LogP contribution in [0.5, 0.6) is 5.75 Å². The summed E-state index contributed by atoms with van der Waals surface area (Å²) in [7, 11) is 1.53. The molecule has 0 spiro atoms. The summed E-state index contributed by atoms with van der Waals surface area (Å²) in [6, 6.07) is 1.34. The molecular formula is C14H17N3O3. The zero-order chi connectivity index (χ0) is 14.5. The van der Waals surface area contributed by atoms with Gasteiger partial charge < -0.3 is 20.5 Å². The number of pyridine rings is 1. The van der Waals surface area contributed by atoms with E-state index >= 15 is 0 Å². The van der Waals surface area contributed by atoms with E-state index in [1.54, 1.807) is 12.3 Å². The summed E-state index contributed by atoms with van der Waals surface area (Å²) in [5, 5.41) is 15.1. The van der Waals surface area contributed by atoms with Crippen LogP contribution in [0.25, 0.3) is 0 Å². The van der Waals surface area contributed by atoms with Gasteiger partial charge in [0, 0.05) is 18.3 Å². The maximum atomic E-state index is 11.9. The minimum Gasteiger partial charge on any atom is -0.495 e. The zero-order valence-corrected chi connectivity index (χ0v) is 11.2.